The van der Waals surface area contributed by atoms with Gasteiger partial charge in [-0.1, -0.05) is 47.5 Å². The number of carbonyl (C=O) groups excluding carboxylic acids is 2. The molecule has 1 aliphatic rings. The number of carbonyl (C=O) groups is 2. The molecule has 1 saturated heterocycles. The van der Waals surface area contributed by atoms with Crippen molar-refractivity contribution in [3.63, 3.8) is 0 Å². The summed E-state index contributed by atoms with van der Waals surface area (Å²) >= 11 is 12.8. The van der Waals surface area contributed by atoms with E-state index in [0.29, 0.717) is 26.7 Å². The number of nitriles is 1. The van der Waals surface area contributed by atoms with Crippen LogP contribution >= 0.6 is 35.0 Å². The summed E-state index contributed by atoms with van der Waals surface area (Å²) in [6, 6.07) is 13.8. The summed E-state index contributed by atoms with van der Waals surface area (Å²) in [5.41, 5.74) is 1.67. The Balaban J connectivity index is 1.88. The zero-order chi connectivity index (χ0) is 18.0. The minimum Gasteiger partial charge on any atom is -0.268 e. The standard InChI is InChI=1S/C18H10Cl2N2O2S/c19-14-6-5-11(15(20)8-14)7-16-17(23)22(18(24)25-16)10-13-4-2-1-3-12(13)9-21/h1-8H,10H2/b16-7+. The van der Waals surface area contributed by atoms with Gasteiger partial charge in [-0.25, -0.2) is 0 Å². The van der Waals surface area contributed by atoms with Crippen molar-refractivity contribution >= 4 is 52.2 Å². The van der Waals surface area contributed by atoms with Gasteiger partial charge in [-0.15, -0.1) is 0 Å². The minimum absolute atomic E-state index is 0.0556. The molecule has 25 heavy (non-hydrogen) atoms. The van der Waals surface area contributed by atoms with Crippen LogP contribution in [0.4, 0.5) is 4.79 Å². The normalized spacial score (nSPS) is 15.7. The second-order valence-electron chi connectivity index (χ2n) is 5.20. The third kappa shape index (κ3) is 3.72. The average molecular weight is 389 g/mol. The van der Waals surface area contributed by atoms with E-state index in [1.807, 2.05) is 0 Å². The summed E-state index contributed by atoms with van der Waals surface area (Å²) in [4.78, 5) is 26.2. The zero-order valence-electron chi connectivity index (χ0n) is 12.7. The molecule has 0 atom stereocenters. The molecule has 1 aliphatic heterocycles. The summed E-state index contributed by atoms with van der Waals surface area (Å²) in [6.07, 6.45) is 1.57. The molecule has 0 aliphatic carbocycles. The van der Waals surface area contributed by atoms with Crippen molar-refractivity contribution in [1.29, 1.82) is 5.26 Å². The van der Waals surface area contributed by atoms with E-state index >= 15 is 0 Å². The lowest BCUT2D eigenvalue weighted by Gasteiger charge is -2.13. The topological polar surface area (TPSA) is 61.2 Å². The first-order chi connectivity index (χ1) is 12.0. The second-order valence-corrected chi connectivity index (χ2v) is 7.04. The third-order valence-electron chi connectivity index (χ3n) is 3.59. The fraction of sp³-hybridized carbons (Fsp3) is 0.0556. The van der Waals surface area contributed by atoms with Gasteiger partial charge in [0.2, 0.25) is 0 Å². The molecule has 0 N–H and O–H groups in total. The summed E-state index contributed by atoms with van der Waals surface area (Å²) in [5, 5.41) is 9.65. The molecular formula is C18H10Cl2N2O2S. The van der Waals surface area contributed by atoms with Crippen LogP contribution in [0, 0.1) is 11.3 Å². The molecule has 7 heteroatoms. The summed E-state index contributed by atoms with van der Waals surface area (Å²) < 4.78 is 0. The number of rotatable bonds is 3. The van der Waals surface area contributed by atoms with Crippen molar-refractivity contribution in [3.8, 4) is 6.07 Å². The summed E-state index contributed by atoms with van der Waals surface area (Å²) in [5.74, 6) is -0.409. The van der Waals surface area contributed by atoms with Gasteiger partial charge in [-0.05, 0) is 47.2 Å². The van der Waals surface area contributed by atoms with Crippen molar-refractivity contribution < 1.29 is 9.59 Å². The van der Waals surface area contributed by atoms with Crippen LogP contribution in [0.2, 0.25) is 10.0 Å². The molecule has 124 valence electrons. The number of amides is 2. The fourth-order valence-electron chi connectivity index (χ4n) is 2.33. The van der Waals surface area contributed by atoms with Gasteiger partial charge in [-0.2, -0.15) is 5.26 Å². The lowest BCUT2D eigenvalue weighted by atomic mass is 10.1. The Bertz CT molecular complexity index is 950. The van der Waals surface area contributed by atoms with E-state index in [-0.39, 0.29) is 16.7 Å². The molecule has 0 unspecified atom stereocenters. The minimum atomic E-state index is -0.409. The van der Waals surface area contributed by atoms with Crippen LogP contribution in [0.25, 0.3) is 6.08 Å². The molecule has 4 nitrogen and oxygen atoms in total. The van der Waals surface area contributed by atoms with Gasteiger partial charge in [0.15, 0.2) is 0 Å². The van der Waals surface area contributed by atoms with E-state index in [0.717, 1.165) is 16.7 Å². The van der Waals surface area contributed by atoms with E-state index in [9.17, 15) is 9.59 Å². The highest BCUT2D eigenvalue weighted by Crippen LogP contribution is 2.35. The Morgan fingerprint density at radius 2 is 1.92 bits per heavy atom. The van der Waals surface area contributed by atoms with Crippen molar-refractivity contribution in [2.75, 3.05) is 0 Å². The van der Waals surface area contributed by atoms with E-state index in [1.54, 1.807) is 48.5 Å². The van der Waals surface area contributed by atoms with E-state index < -0.39 is 5.91 Å². The van der Waals surface area contributed by atoms with E-state index in [2.05, 4.69) is 6.07 Å². The number of thioether (sulfide) groups is 1. The van der Waals surface area contributed by atoms with Crippen LogP contribution in [-0.2, 0) is 11.3 Å². The van der Waals surface area contributed by atoms with Crippen LogP contribution in [0.5, 0.6) is 0 Å². The molecule has 0 aromatic heterocycles. The number of nitrogens with zero attached hydrogens (tertiary/aromatic N) is 2. The highest BCUT2D eigenvalue weighted by atomic mass is 35.5. The third-order valence-corrected chi connectivity index (χ3v) is 5.06. The predicted molar refractivity (Wildman–Crippen MR) is 99.1 cm³/mol. The molecule has 2 aromatic carbocycles. The molecular weight excluding hydrogens is 379 g/mol. The predicted octanol–water partition coefficient (Wildman–Crippen LogP) is 5.10. The van der Waals surface area contributed by atoms with Crippen LogP contribution in [0.3, 0.4) is 0 Å². The maximum absolute atomic E-state index is 12.6. The van der Waals surface area contributed by atoms with E-state index in [1.165, 1.54) is 0 Å². The molecule has 2 aromatic rings. The Hall–Kier alpha value is -2.26. The number of imide groups is 1. The molecule has 0 spiro atoms. The average Bonchev–Trinajstić information content (AvgIpc) is 2.85. The van der Waals surface area contributed by atoms with Crippen molar-refractivity contribution in [3.05, 3.63) is 74.1 Å². The van der Waals surface area contributed by atoms with Gasteiger partial charge in [0.25, 0.3) is 11.1 Å². The molecule has 0 saturated carbocycles. The molecule has 1 fully saturated rings. The van der Waals surface area contributed by atoms with Gasteiger partial charge in [-0.3, -0.25) is 14.5 Å². The Kier molecular flexibility index (Phi) is 5.14. The maximum Gasteiger partial charge on any atom is 0.293 e. The van der Waals surface area contributed by atoms with Gasteiger partial charge < -0.3 is 0 Å². The first-order valence-corrected chi connectivity index (χ1v) is 8.75. The number of halogens is 2. The van der Waals surface area contributed by atoms with Crippen molar-refractivity contribution in [2.24, 2.45) is 0 Å². The smallest absolute Gasteiger partial charge is 0.268 e. The first-order valence-electron chi connectivity index (χ1n) is 7.18. The lowest BCUT2D eigenvalue weighted by molar-refractivity contribution is -0.123. The van der Waals surface area contributed by atoms with Gasteiger partial charge in [0.1, 0.15) is 0 Å². The Morgan fingerprint density at radius 1 is 1.16 bits per heavy atom. The number of hydrogen-bond donors (Lipinski definition) is 0. The molecule has 0 bridgehead atoms. The largest absolute Gasteiger partial charge is 0.293 e. The highest BCUT2D eigenvalue weighted by Gasteiger charge is 2.35. The van der Waals surface area contributed by atoms with Gasteiger partial charge in [0, 0.05) is 10.0 Å². The molecule has 1 heterocycles. The molecule has 2 amide bonds. The lowest BCUT2D eigenvalue weighted by Crippen LogP contribution is -2.27. The summed E-state index contributed by atoms with van der Waals surface area (Å²) in [6.45, 7) is 0.0556. The van der Waals surface area contributed by atoms with E-state index in [4.69, 9.17) is 28.5 Å². The molecule has 0 radical (unpaired) electrons. The van der Waals surface area contributed by atoms with Crippen LogP contribution in [0.1, 0.15) is 16.7 Å². The van der Waals surface area contributed by atoms with Gasteiger partial charge >= 0.3 is 0 Å². The van der Waals surface area contributed by atoms with Gasteiger partial charge in [0.05, 0.1) is 23.1 Å². The van der Waals surface area contributed by atoms with Crippen LogP contribution in [-0.4, -0.2) is 16.0 Å². The number of benzene rings is 2. The number of hydrogen-bond acceptors (Lipinski definition) is 4. The van der Waals surface area contributed by atoms with Crippen LogP contribution in [0.15, 0.2) is 47.4 Å². The van der Waals surface area contributed by atoms with Crippen molar-refractivity contribution in [1.82, 2.24) is 4.90 Å². The highest BCUT2D eigenvalue weighted by molar-refractivity contribution is 8.18. The second kappa shape index (κ2) is 7.32. The quantitative estimate of drug-likeness (QED) is 0.685. The first kappa shape index (κ1) is 17.6. The maximum atomic E-state index is 12.6. The monoisotopic (exact) mass is 388 g/mol. The van der Waals surface area contributed by atoms with Crippen LogP contribution < -0.4 is 0 Å². The Morgan fingerprint density at radius 3 is 2.64 bits per heavy atom. The van der Waals surface area contributed by atoms with Crippen molar-refractivity contribution in [2.45, 2.75) is 6.54 Å². The zero-order valence-corrected chi connectivity index (χ0v) is 15.0. The SMILES string of the molecule is N#Cc1ccccc1CN1C(=O)S/C(=C/c2ccc(Cl)cc2Cl)C1=O. The summed E-state index contributed by atoms with van der Waals surface area (Å²) in [7, 11) is 0. The fourth-order valence-corrected chi connectivity index (χ4v) is 3.63. The molecule has 3 rings (SSSR count). The Labute approximate surface area is 158 Å².